The van der Waals surface area contributed by atoms with Gasteiger partial charge in [0.25, 0.3) is 0 Å². The standard InChI is InChI=1S/C75H149NO5/c1-3-5-7-9-11-13-15-17-18-19-20-21-28-31-34-37-40-44-47-51-55-59-63-67-73(78)72(71-77)76-74(79)68-64-60-56-52-48-45-41-38-35-32-29-26-24-22-23-25-27-30-33-36-39-42-46-50-54-58-62-66-70-81-75(80)69-65-61-57-53-49-43-16-14-12-10-8-6-4-2/h72-73,77-78H,3-71H2,1-2H3,(H,76,79). The van der Waals surface area contributed by atoms with Gasteiger partial charge in [0.05, 0.1) is 25.4 Å². The maximum Gasteiger partial charge on any atom is 0.305 e. The lowest BCUT2D eigenvalue weighted by atomic mass is 10.0. The number of hydrogen-bond donors (Lipinski definition) is 3. The Balaban J connectivity index is 3.34. The number of ether oxygens (including phenoxy) is 1. The van der Waals surface area contributed by atoms with Crippen LogP contribution in [-0.4, -0.2) is 47.4 Å². The van der Waals surface area contributed by atoms with Gasteiger partial charge in [0.1, 0.15) is 0 Å². The third kappa shape index (κ3) is 67.9. The predicted molar refractivity (Wildman–Crippen MR) is 357 cm³/mol. The highest BCUT2D eigenvalue weighted by atomic mass is 16.5. The number of rotatable bonds is 72. The lowest BCUT2D eigenvalue weighted by Crippen LogP contribution is -2.45. The molecule has 1 amide bonds. The van der Waals surface area contributed by atoms with Crippen LogP contribution in [0.3, 0.4) is 0 Å². The van der Waals surface area contributed by atoms with Crippen LogP contribution in [0.15, 0.2) is 0 Å². The summed E-state index contributed by atoms with van der Waals surface area (Å²) in [6.45, 7) is 5.01. The monoisotopic (exact) mass is 1140 g/mol. The van der Waals surface area contributed by atoms with E-state index in [-0.39, 0.29) is 18.5 Å². The van der Waals surface area contributed by atoms with Gasteiger partial charge in [0.15, 0.2) is 0 Å². The Kier molecular flexibility index (Phi) is 70.3. The second-order valence-corrected chi connectivity index (χ2v) is 26.4. The fraction of sp³-hybridized carbons (Fsp3) is 0.973. The number of aliphatic hydroxyl groups is 2. The first-order chi connectivity index (χ1) is 40.0. The van der Waals surface area contributed by atoms with Crippen LogP contribution in [-0.2, 0) is 14.3 Å². The molecule has 6 heteroatoms. The van der Waals surface area contributed by atoms with Crippen LogP contribution in [0.4, 0.5) is 0 Å². The number of carbonyl (C=O) groups excluding carboxylic acids is 2. The average Bonchev–Trinajstić information content (AvgIpc) is 3.47. The number of nitrogens with one attached hydrogen (secondary N) is 1. The molecule has 0 aromatic heterocycles. The summed E-state index contributed by atoms with van der Waals surface area (Å²) >= 11 is 0. The summed E-state index contributed by atoms with van der Waals surface area (Å²) in [7, 11) is 0. The van der Waals surface area contributed by atoms with Crippen molar-refractivity contribution in [3.63, 3.8) is 0 Å². The van der Waals surface area contributed by atoms with E-state index in [4.69, 9.17) is 4.74 Å². The summed E-state index contributed by atoms with van der Waals surface area (Å²) in [5.74, 6) is -0.00377. The van der Waals surface area contributed by atoms with Gasteiger partial charge < -0.3 is 20.3 Å². The molecule has 484 valence electrons. The first-order valence-corrected chi connectivity index (χ1v) is 37.8. The normalized spacial score (nSPS) is 12.4. The number of hydrogen-bond acceptors (Lipinski definition) is 5. The Labute approximate surface area is 508 Å². The van der Waals surface area contributed by atoms with Crippen molar-refractivity contribution in [1.82, 2.24) is 5.32 Å². The zero-order valence-electron chi connectivity index (χ0n) is 55.6. The molecule has 2 unspecified atom stereocenters. The van der Waals surface area contributed by atoms with Gasteiger partial charge in [-0.1, -0.05) is 406 Å². The molecule has 0 saturated heterocycles. The van der Waals surface area contributed by atoms with Gasteiger partial charge in [-0.25, -0.2) is 0 Å². The average molecular weight is 1150 g/mol. The van der Waals surface area contributed by atoms with E-state index in [2.05, 4.69) is 19.2 Å². The van der Waals surface area contributed by atoms with Crippen LogP contribution in [0.2, 0.25) is 0 Å². The van der Waals surface area contributed by atoms with Crippen LogP contribution >= 0.6 is 0 Å². The fourth-order valence-corrected chi connectivity index (χ4v) is 12.4. The molecule has 0 rings (SSSR count). The SMILES string of the molecule is CCCCCCCCCCCCCCCCCCCCCCCCCC(O)C(CO)NC(=O)CCCCCCCCCCCCCCCCCCCCCCCCCCCCCCOC(=O)CCCCCCCCCCCCCCC. The van der Waals surface area contributed by atoms with E-state index < -0.39 is 12.1 Å². The largest absolute Gasteiger partial charge is 0.466 e. The van der Waals surface area contributed by atoms with E-state index in [0.717, 1.165) is 38.5 Å². The van der Waals surface area contributed by atoms with Gasteiger partial charge in [-0.15, -0.1) is 0 Å². The molecule has 0 fully saturated rings. The van der Waals surface area contributed by atoms with Gasteiger partial charge >= 0.3 is 5.97 Å². The summed E-state index contributed by atoms with van der Waals surface area (Å²) in [5, 5.41) is 23.5. The molecular weight excluding hydrogens is 995 g/mol. The molecule has 0 aliphatic rings. The maximum absolute atomic E-state index is 12.6. The van der Waals surface area contributed by atoms with Gasteiger partial charge in [0, 0.05) is 12.8 Å². The molecule has 0 aliphatic heterocycles. The fourth-order valence-electron chi connectivity index (χ4n) is 12.4. The zero-order chi connectivity index (χ0) is 58.5. The number of amides is 1. The summed E-state index contributed by atoms with van der Waals surface area (Å²) in [6.07, 6.45) is 87.5. The van der Waals surface area contributed by atoms with Crippen molar-refractivity contribution in [2.75, 3.05) is 13.2 Å². The van der Waals surface area contributed by atoms with Gasteiger partial charge in [-0.2, -0.15) is 0 Å². The zero-order valence-corrected chi connectivity index (χ0v) is 55.6. The van der Waals surface area contributed by atoms with E-state index >= 15 is 0 Å². The van der Waals surface area contributed by atoms with Crippen molar-refractivity contribution in [2.45, 2.75) is 456 Å². The maximum atomic E-state index is 12.6. The third-order valence-corrected chi connectivity index (χ3v) is 18.2. The van der Waals surface area contributed by atoms with Crippen molar-refractivity contribution in [3.05, 3.63) is 0 Å². The molecular formula is C75H149NO5. The Hall–Kier alpha value is -1.14. The molecule has 0 radical (unpaired) electrons. The molecule has 0 heterocycles. The van der Waals surface area contributed by atoms with E-state index in [1.807, 2.05) is 0 Å². The molecule has 2 atom stereocenters. The minimum absolute atomic E-state index is 0.0218. The Bertz CT molecular complexity index is 1180. The molecule has 0 aromatic carbocycles. The lowest BCUT2D eigenvalue weighted by molar-refractivity contribution is -0.143. The number of unbranched alkanes of at least 4 members (excludes halogenated alkanes) is 61. The van der Waals surface area contributed by atoms with E-state index in [0.29, 0.717) is 25.9 Å². The van der Waals surface area contributed by atoms with Crippen LogP contribution < -0.4 is 5.32 Å². The Morgan fingerprint density at radius 1 is 0.296 bits per heavy atom. The van der Waals surface area contributed by atoms with Crippen LogP contribution in [0.1, 0.15) is 444 Å². The van der Waals surface area contributed by atoms with Gasteiger partial charge in [-0.05, 0) is 25.7 Å². The minimum Gasteiger partial charge on any atom is -0.466 e. The van der Waals surface area contributed by atoms with E-state index in [9.17, 15) is 19.8 Å². The molecule has 0 bridgehead atoms. The molecule has 81 heavy (non-hydrogen) atoms. The second-order valence-electron chi connectivity index (χ2n) is 26.4. The molecule has 0 aliphatic carbocycles. The smallest absolute Gasteiger partial charge is 0.305 e. The quantitative estimate of drug-likeness (QED) is 0.0417. The number of esters is 1. The molecule has 3 N–H and O–H groups in total. The van der Waals surface area contributed by atoms with Crippen molar-refractivity contribution < 1.29 is 24.5 Å². The molecule has 6 nitrogen and oxygen atoms in total. The van der Waals surface area contributed by atoms with E-state index in [1.54, 1.807) is 0 Å². The molecule has 0 saturated carbocycles. The third-order valence-electron chi connectivity index (χ3n) is 18.2. The van der Waals surface area contributed by atoms with Gasteiger partial charge in [-0.3, -0.25) is 9.59 Å². The van der Waals surface area contributed by atoms with Crippen LogP contribution in [0.25, 0.3) is 0 Å². The summed E-state index contributed by atoms with van der Waals surface area (Å²) in [5.41, 5.74) is 0. The van der Waals surface area contributed by atoms with Crippen LogP contribution in [0.5, 0.6) is 0 Å². The molecule has 0 aromatic rings. The Morgan fingerprint density at radius 3 is 0.753 bits per heavy atom. The van der Waals surface area contributed by atoms with Crippen molar-refractivity contribution in [1.29, 1.82) is 0 Å². The highest BCUT2D eigenvalue weighted by Crippen LogP contribution is 2.20. The van der Waals surface area contributed by atoms with Crippen molar-refractivity contribution in [3.8, 4) is 0 Å². The van der Waals surface area contributed by atoms with Crippen LogP contribution in [0, 0.1) is 0 Å². The second kappa shape index (κ2) is 71.3. The molecule has 0 spiro atoms. The minimum atomic E-state index is -0.662. The predicted octanol–water partition coefficient (Wildman–Crippen LogP) is 24.5. The summed E-state index contributed by atoms with van der Waals surface area (Å²) in [4.78, 5) is 24.6. The number of carbonyl (C=O) groups is 2. The van der Waals surface area contributed by atoms with Crippen molar-refractivity contribution >= 4 is 11.9 Å². The summed E-state index contributed by atoms with van der Waals surface area (Å²) in [6, 6.07) is -0.539. The number of aliphatic hydroxyl groups excluding tert-OH is 2. The summed E-state index contributed by atoms with van der Waals surface area (Å²) < 4.78 is 5.49. The Morgan fingerprint density at radius 2 is 0.506 bits per heavy atom. The highest BCUT2D eigenvalue weighted by Gasteiger charge is 2.20. The highest BCUT2D eigenvalue weighted by molar-refractivity contribution is 5.76. The van der Waals surface area contributed by atoms with E-state index in [1.165, 1.54) is 372 Å². The van der Waals surface area contributed by atoms with Crippen molar-refractivity contribution in [2.24, 2.45) is 0 Å². The topological polar surface area (TPSA) is 95.9 Å². The first-order valence-electron chi connectivity index (χ1n) is 37.8. The van der Waals surface area contributed by atoms with Gasteiger partial charge in [0.2, 0.25) is 5.91 Å². The lowest BCUT2D eigenvalue weighted by Gasteiger charge is -2.22. The first kappa shape index (κ1) is 79.9.